The summed E-state index contributed by atoms with van der Waals surface area (Å²) in [6, 6.07) is 11.0. The zero-order chi connectivity index (χ0) is 18.7. The monoisotopic (exact) mass is 353 g/mol. The maximum Gasteiger partial charge on any atom is 0.291 e. The van der Waals surface area contributed by atoms with Crippen LogP contribution in [0, 0.1) is 17.0 Å². The molecule has 2 heterocycles. The van der Waals surface area contributed by atoms with Crippen LogP contribution in [0.15, 0.2) is 52.0 Å². The predicted octanol–water partition coefficient (Wildman–Crippen LogP) is 3.04. The van der Waals surface area contributed by atoms with Gasteiger partial charge in [-0.3, -0.25) is 20.0 Å². The van der Waals surface area contributed by atoms with Gasteiger partial charge < -0.3 is 4.42 Å². The Bertz CT molecular complexity index is 985. The van der Waals surface area contributed by atoms with Crippen molar-refractivity contribution in [3.63, 3.8) is 0 Å². The van der Waals surface area contributed by atoms with Crippen LogP contribution >= 0.6 is 0 Å². The van der Waals surface area contributed by atoms with Crippen molar-refractivity contribution >= 4 is 17.3 Å². The van der Waals surface area contributed by atoms with Crippen molar-refractivity contribution in [1.82, 2.24) is 15.6 Å². The van der Waals surface area contributed by atoms with Gasteiger partial charge in [0.2, 0.25) is 0 Å². The quantitative estimate of drug-likeness (QED) is 0.414. The summed E-state index contributed by atoms with van der Waals surface area (Å²) < 4.78 is 5.47. The van der Waals surface area contributed by atoms with Gasteiger partial charge in [-0.1, -0.05) is 0 Å². The van der Waals surface area contributed by atoms with Crippen LogP contribution in [0.3, 0.4) is 0 Å². The van der Waals surface area contributed by atoms with Gasteiger partial charge in [-0.2, -0.15) is 10.2 Å². The number of H-pyrrole nitrogens is 1. The lowest BCUT2D eigenvalue weighted by Crippen LogP contribution is -2.19. The minimum atomic E-state index is -0.489. The van der Waals surface area contributed by atoms with E-state index in [2.05, 4.69) is 20.7 Å². The number of amides is 1. The zero-order valence-electron chi connectivity index (χ0n) is 14.0. The smallest absolute Gasteiger partial charge is 0.291 e. The summed E-state index contributed by atoms with van der Waals surface area (Å²) in [5.41, 5.74) is 4.30. The number of non-ortho nitro benzene ring substituents is 1. The van der Waals surface area contributed by atoms with Crippen LogP contribution in [-0.2, 0) is 0 Å². The van der Waals surface area contributed by atoms with E-state index in [-0.39, 0.29) is 11.4 Å². The van der Waals surface area contributed by atoms with E-state index in [0.717, 1.165) is 5.76 Å². The molecule has 1 aromatic carbocycles. The number of carbonyl (C=O) groups excluding carboxylic acids is 1. The molecule has 0 radical (unpaired) electrons. The highest BCUT2D eigenvalue weighted by atomic mass is 16.6. The van der Waals surface area contributed by atoms with Crippen molar-refractivity contribution in [3.8, 4) is 11.5 Å². The fourth-order valence-corrected chi connectivity index (χ4v) is 2.22. The molecule has 132 valence electrons. The number of nitrogens with zero attached hydrogens (tertiary/aromatic N) is 3. The Morgan fingerprint density at radius 1 is 1.27 bits per heavy atom. The SMILES string of the molecule is C/C(=N/NC(=O)c1cc(-c2ccc(C)o2)[nH]n1)c1ccc([N+](=O)[O-])cc1. The van der Waals surface area contributed by atoms with Crippen molar-refractivity contribution in [3.05, 3.63) is 69.6 Å². The van der Waals surface area contributed by atoms with Gasteiger partial charge in [-0.15, -0.1) is 0 Å². The standard InChI is InChI=1S/C17H15N5O4/c1-10-3-8-16(26-10)14-9-15(20-19-14)17(23)21-18-11(2)12-4-6-13(7-5-12)22(24)25/h3-9H,1-2H3,(H,19,20)(H,21,23)/b18-11-. The molecule has 2 aromatic heterocycles. The van der Waals surface area contributed by atoms with Gasteiger partial charge in [0.1, 0.15) is 11.5 Å². The van der Waals surface area contributed by atoms with E-state index in [1.165, 1.54) is 12.1 Å². The average molecular weight is 353 g/mol. The summed E-state index contributed by atoms with van der Waals surface area (Å²) in [5.74, 6) is 0.848. The maximum absolute atomic E-state index is 12.2. The summed E-state index contributed by atoms with van der Waals surface area (Å²) in [5, 5.41) is 21.3. The lowest BCUT2D eigenvalue weighted by molar-refractivity contribution is -0.384. The third-order valence-electron chi connectivity index (χ3n) is 3.64. The molecular formula is C17H15N5O4. The Morgan fingerprint density at radius 2 is 2.00 bits per heavy atom. The first-order valence-electron chi connectivity index (χ1n) is 7.65. The molecular weight excluding hydrogens is 338 g/mol. The number of nitro benzene ring substituents is 1. The normalized spacial score (nSPS) is 11.4. The molecule has 9 nitrogen and oxygen atoms in total. The van der Waals surface area contributed by atoms with E-state index < -0.39 is 10.8 Å². The van der Waals surface area contributed by atoms with Crippen LogP contribution in [0.2, 0.25) is 0 Å². The van der Waals surface area contributed by atoms with E-state index in [1.54, 1.807) is 31.2 Å². The van der Waals surface area contributed by atoms with Crippen molar-refractivity contribution in [1.29, 1.82) is 0 Å². The molecule has 9 heteroatoms. The molecule has 0 fully saturated rings. The van der Waals surface area contributed by atoms with Gasteiger partial charge in [0.05, 0.1) is 10.6 Å². The second kappa shape index (κ2) is 7.01. The van der Waals surface area contributed by atoms with Crippen LogP contribution in [-0.4, -0.2) is 26.7 Å². The van der Waals surface area contributed by atoms with Crippen molar-refractivity contribution in [2.24, 2.45) is 5.10 Å². The largest absolute Gasteiger partial charge is 0.460 e. The number of carbonyl (C=O) groups is 1. The average Bonchev–Trinajstić information content (AvgIpc) is 3.28. The van der Waals surface area contributed by atoms with Crippen LogP contribution in [0.25, 0.3) is 11.5 Å². The molecule has 0 saturated heterocycles. The number of furan rings is 1. The lowest BCUT2D eigenvalue weighted by atomic mass is 10.1. The number of aromatic nitrogens is 2. The van der Waals surface area contributed by atoms with Gasteiger partial charge in [-0.25, -0.2) is 5.43 Å². The molecule has 0 aliphatic rings. The molecule has 1 amide bonds. The highest BCUT2D eigenvalue weighted by molar-refractivity contribution is 6.00. The number of nitro groups is 1. The molecule has 0 bridgehead atoms. The second-order valence-corrected chi connectivity index (χ2v) is 5.52. The number of hydrogen-bond donors (Lipinski definition) is 2. The van der Waals surface area contributed by atoms with Crippen molar-refractivity contribution in [2.45, 2.75) is 13.8 Å². The molecule has 0 saturated carbocycles. The van der Waals surface area contributed by atoms with Gasteiger partial charge in [0.15, 0.2) is 11.5 Å². The molecule has 3 rings (SSSR count). The first kappa shape index (κ1) is 17.1. The zero-order valence-corrected chi connectivity index (χ0v) is 14.0. The molecule has 0 spiro atoms. The molecule has 0 unspecified atom stereocenters. The summed E-state index contributed by atoms with van der Waals surface area (Å²) in [4.78, 5) is 22.3. The maximum atomic E-state index is 12.2. The minimum Gasteiger partial charge on any atom is -0.460 e. The molecule has 0 aliphatic heterocycles. The summed E-state index contributed by atoms with van der Waals surface area (Å²) in [7, 11) is 0. The summed E-state index contributed by atoms with van der Waals surface area (Å²) >= 11 is 0. The highest BCUT2D eigenvalue weighted by Gasteiger charge is 2.13. The Labute approximate surface area is 147 Å². The van der Waals surface area contributed by atoms with E-state index in [4.69, 9.17) is 4.42 Å². The summed E-state index contributed by atoms with van der Waals surface area (Å²) in [6.45, 7) is 3.51. The lowest BCUT2D eigenvalue weighted by Gasteiger charge is -2.01. The predicted molar refractivity (Wildman–Crippen MR) is 93.8 cm³/mol. The van der Waals surface area contributed by atoms with Gasteiger partial charge in [0, 0.05) is 18.2 Å². The Kier molecular flexibility index (Phi) is 4.61. The Hall–Kier alpha value is -3.75. The molecule has 0 aliphatic carbocycles. The van der Waals surface area contributed by atoms with E-state index in [9.17, 15) is 14.9 Å². The van der Waals surface area contributed by atoms with Crippen LogP contribution in [0.1, 0.15) is 28.7 Å². The van der Waals surface area contributed by atoms with Crippen LogP contribution < -0.4 is 5.43 Å². The van der Waals surface area contributed by atoms with Crippen molar-refractivity contribution < 1.29 is 14.1 Å². The van der Waals surface area contributed by atoms with Crippen LogP contribution in [0.5, 0.6) is 0 Å². The number of nitrogens with one attached hydrogen (secondary N) is 2. The number of benzene rings is 1. The number of aryl methyl sites for hydroxylation is 1. The first-order valence-corrected chi connectivity index (χ1v) is 7.65. The topological polar surface area (TPSA) is 126 Å². The third-order valence-corrected chi connectivity index (χ3v) is 3.64. The molecule has 0 atom stereocenters. The summed E-state index contributed by atoms with van der Waals surface area (Å²) in [6.07, 6.45) is 0. The number of rotatable bonds is 5. The molecule has 3 aromatic rings. The molecule has 26 heavy (non-hydrogen) atoms. The number of hydrazone groups is 1. The Balaban J connectivity index is 1.68. The fraction of sp³-hybridized carbons (Fsp3) is 0.118. The van der Waals surface area contributed by atoms with E-state index in [1.807, 2.05) is 13.0 Å². The van der Waals surface area contributed by atoms with Gasteiger partial charge in [-0.05, 0) is 43.7 Å². The number of hydrogen-bond acceptors (Lipinski definition) is 6. The van der Waals surface area contributed by atoms with Gasteiger partial charge >= 0.3 is 0 Å². The van der Waals surface area contributed by atoms with E-state index >= 15 is 0 Å². The van der Waals surface area contributed by atoms with Crippen LogP contribution in [0.4, 0.5) is 5.69 Å². The minimum absolute atomic E-state index is 0.0113. The van der Waals surface area contributed by atoms with E-state index in [0.29, 0.717) is 22.7 Å². The van der Waals surface area contributed by atoms with Gasteiger partial charge in [0.25, 0.3) is 11.6 Å². The third kappa shape index (κ3) is 3.66. The second-order valence-electron chi connectivity index (χ2n) is 5.52. The Morgan fingerprint density at radius 3 is 2.62 bits per heavy atom. The number of aromatic amines is 1. The first-order chi connectivity index (χ1) is 12.4. The van der Waals surface area contributed by atoms with Crippen molar-refractivity contribution in [2.75, 3.05) is 0 Å². The fourth-order valence-electron chi connectivity index (χ4n) is 2.22. The highest BCUT2D eigenvalue weighted by Crippen LogP contribution is 2.20. The molecule has 2 N–H and O–H groups in total.